The molecule has 0 aromatic heterocycles. The van der Waals surface area contributed by atoms with Crippen molar-refractivity contribution in [3.8, 4) is 0 Å². The Morgan fingerprint density at radius 3 is 2.75 bits per heavy atom. The number of ketones is 1. The van der Waals surface area contributed by atoms with Crippen LogP contribution in [0.5, 0.6) is 0 Å². The maximum atomic E-state index is 11.8. The van der Waals surface area contributed by atoms with Crippen LogP contribution in [0, 0.1) is 17.3 Å². The lowest BCUT2D eigenvalue weighted by molar-refractivity contribution is -0.126. The van der Waals surface area contributed by atoms with Gasteiger partial charge in [-0.25, -0.2) is 0 Å². The van der Waals surface area contributed by atoms with Crippen molar-refractivity contribution in [1.82, 2.24) is 0 Å². The summed E-state index contributed by atoms with van der Waals surface area (Å²) < 4.78 is 5.42. The number of hydrogen-bond acceptors (Lipinski definition) is 2. The molecular formula is C10H14O2. The number of hydrogen-bond donors (Lipinski definition) is 0. The van der Waals surface area contributed by atoms with E-state index in [0.29, 0.717) is 17.6 Å². The van der Waals surface area contributed by atoms with Crippen molar-refractivity contribution >= 4 is 5.78 Å². The van der Waals surface area contributed by atoms with Crippen molar-refractivity contribution in [2.24, 2.45) is 17.3 Å². The van der Waals surface area contributed by atoms with Gasteiger partial charge >= 0.3 is 0 Å². The molecule has 66 valence electrons. The van der Waals surface area contributed by atoms with E-state index in [1.54, 1.807) is 0 Å². The lowest BCUT2D eigenvalue weighted by Crippen LogP contribution is -2.29. The van der Waals surface area contributed by atoms with Crippen LogP contribution in [0.1, 0.15) is 27.2 Å². The molecule has 2 saturated carbocycles. The summed E-state index contributed by atoms with van der Waals surface area (Å²) in [5, 5.41) is 0. The lowest BCUT2D eigenvalue weighted by atomic mass is 9.89. The van der Waals surface area contributed by atoms with Crippen LogP contribution in [-0.2, 0) is 9.53 Å². The van der Waals surface area contributed by atoms with Crippen molar-refractivity contribution < 1.29 is 9.53 Å². The zero-order chi connectivity index (χ0) is 8.72. The third-order valence-corrected chi connectivity index (χ3v) is 4.23. The highest BCUT2D eigenvalue weighted by Crippen LogP contribution is 2.69. The van der Waals surface area contributed by atoms with Gasteiger partial charge in [0.25, 0.3) is 0 Å². The van der Waals surface area contributed by atoms with Crippen LogP contribution < -0.4 is 0 Å². The van der Waals surface area contributed by atoms with Gasteiger partial charge < -0.3 is 4.74 Å². The normalized spacial score (nSPS) is 58.9. The Morgan fingerprint density at radius 2 is 2.08 bits per heavy atom. The molecule has 4 atom stereocenters. The van der Waals surface area contributed by atoms with Gasteiger partial charge in [-0.15, -0.1) is 0 Å². The predicted molar refractivity (Wildman–Crippen MR) is 43.7 cm³/mol. The van der Waals surface area contributed by atoms with Gasteiger partial charge in [0.15, 0.2) is 11.4 Å². The second-order valence-electron chi connectivity index (χ2n) is 5.22. The molecule has 3 rings (SSSR count). The molecule has 2 heteroatoms. The van der Waals surface area contributed by atoms with Crippen molar-refractivity contribution in [2.75, 3.05) is 0 Å². The fraction of sp³-hybridized carbons (Fsp3) is 0.900. The molecule has 0 radical (unpaired) electrons. The van der Waals surface area contributed by atoms with Crippen LogP contribution in [0.2, 0.25) is 0 Å². The van der Waals surface area contributed by atoms with E-state index < -0.39 is 0 Å². The first-order valence-corrected chi connectivity index (χ1v) is 4.70. The van der Waals surface area contributed by atoms with Gasteiger partial charge in [-0.1, -0.05) is 13.8 Å². The minimum atomic E-state index is -0.366. The molecule has 2 aliphatic carbocycles. The fourth-order valence-electron chi connectivity index (χ4n) is 3.00. The number of fused-ring (bicyclic) bond motifs is 2. The SMILES string of the molecule is CC1(C)[C@@H]2C[C@H]3O[C@@]3(C)C(=O)[C@@H]21. The van der Waals surface area contributed by atoms with E-state index in [2.05, 4.69) is 13.8 Å². The van der Waals surface area contributed by atoms with E-state index >= 15 is 0 Å². The minimum absolute atomic E-state index is 0.257. The summed E-state index contributed by atoms with van der Waals surface area (Å²) in [5.41, 5.74) is -0.0915. The highest BCUT2D eigenvalue weighted by atomic mass is 16.6. The average Bonchev–Trinajstić information content (AvgIpc) is 2.74. The Balaban J connectivity index is 1.96. The van der Waals surface area contributed by atoms with Crippen LogP contribution in [0.4, 0.5) is 0 Å². The first-order chi connectivity index (χ1) is 5.48. The van der Waals surface area contributed by atoms with Gasteiger partial charge in [0.2, 0.25) is 0 Å². The second kappa shape index (κ2) is 1.50. The third kappa shape index (κ3) is 0.535. The summed E-state index contributed by atoms with van der Waals surface area (Å²) in [7, 11) is 0. The van der Waals surface area contributed by atoms with Gasteiger partial charge in [-0.2, -0.15) is 0 Å². The Hall–Kier alpha value is -0.370. The standard InChI is InChI=1S/C10H14O2/c1-9(2)5-4-6-10(3,12-6)8(11)7(5)9/h5-7H,4H2,1-3H3/t5-,6-,7-,10-/m1/s1. The molecule has 0 N–H and O–H groups in total. The summed E-state index contributed by atoms with van der Waals surface area (Å²) in [6.07, 6.45) is 1.37. The highest BCUT2D eigenvalue weighted by Gasteiger charge is 2.76. The molecule has 1 aliphatic heterocycles. The predicted octanol–water partition coefficient (Wildman–Crippen LogP) is 1.39. The smallest absolute Gasteiger partial charge is 0.170 e. The quantitative estimate of drug-likeness (QED) is 0.509. The van der Waals surface area contributed by atoms with E-state index in [1.807, 2.05) is 6.92 Å². The van der Waals surface area contributed by atoms with Crippen LogP contribution in [0.3, 0.4) is 0 Å². The van der Waals surface area contributed by atoms with Crippen molar-refractivity contribution in [3.63, 3.8) is 0 Å². The number of carbonyl (C=O) groups is 1. The maximum absolute atomic E-state index is 11.8. The largest absolute Gasteiger partial charge is 0.358 e. The van der Waals surface area contributed by atoms with Crippen molar-refractivity contribution in [2.45, 2.75) is 38.9 Å². The zero-order valence-electron chi connectivity index (χ0n) is 7.76. The molecule has 0 aromatic rings. The third-order valence-electron chi connectivity index (χ3n) is 4.23. The van der Waals surface area contributed by atoms with Gasteiger partial charge in [-0.05, 0) is 24.7 Å². The second-order valence-corrected chi connectivity index (χ2v) is 5.22. The summed E-state index contributed by atoms with van der Waals surface area (Å²) in [6, 6.07) is 0. The molecule has 0 aromatic carbocycles. The van der Waals surface area contributed by atoms with Gasteiger partial charge in [-0.3, -0.25) is 4.79 Å². The van der Waals surface area contributed by atoms with Crippen LogP contribution in [0.15, 0.2) is 0 Å². The van der Waals surface area contributed by atoms with E-state index in [9.17, 15) is 4.79 Å². The molecule has 0 unspecified atom stereocenters. The van der Waals surface area contributed by atoms with Crippen LogP contribution in [-0.4, -0.2) is 17.5 Å². The van der Waals surface area contributed by atoms with E-state index in [-0.39, 0.29) is 17.1 Å². The lowest BCUT2D eigenvalue weighted by Gasteiger charge is -2.08. The zero-order valence-corrected chi connectivity index (χ0v) is 7.76. The number of rotatable bonds is 0. The molecule has 1 heterocycles. The minimum Gasteiger partial charge on any atom is -0.358 e. The Bertz CT molecular complexity index is 282. The number of ether oxygens (including phenoxy) is 1. The average molecular weight is 166 g/mol. The van der Waals surface area contributed by atoms with E-state index in [4.69, 9.17) is 4.74 Å². The first-order valence-electron chi connectivity index (χ1n) is 4.70. The molecular weight excluding hydrogens is 152 g/mol. The molecule has 0 amide bonds. The molecule has 3 fully saturated rings. The molecule has 1 saturated heterocycles. The number of epoxide rings is 1. The molecule has 0 spiro atoms. The molecule has 3 aliphatic rings. The van der Waals surface area contributed by atoms with Gasteiger partial charge in [0.05, 0.1) is 6.10 Å². The van der Waals surface area contributed by atoms with Crippen LogP contribution >= 0.6 is 0 Å². The fourth-order valence-corrected chi connectivity index (χ4v) is 3.00. The molecule has 2 nitrogen and oxygen atoms in total. The van der Waals surface area contributed by atoms with Gasteiger partial charge in [0.1, 0.15) is 0 Å². The number of carbonyl (C=O) groups excluding carboxylic acids is 1. The topological polar surface area (TPSA) is 29.6 Å². The van der Waals surface area contributed by atoms with E-state index in [1.165, 1.54) is 0 Å². The summed E-state index contributed by atoms with van der Waals surface area (Å²) in [4.78, 5) is 11.8. The maximum Gasteiger partial charge on any atom is 0.170 e. The summed E-state index contributed by atoms with van der Waals surface area (Å²) in [5.74, 6) is 1.29. The number of Topliss-reactive ketones (excluding diaryl/α,β-unsaturated/α-hetero) is 1. The molecule has 12 heavy (non-hydrogen) atoms. The highest BCUT2D eigenvalue weighted by molar-refractivity contribution is 5.96. The summed E-state index contributed by atoms with van der Waals surface area (Å²) in [6.45, 7) is 6.35. The van der Waals surface area contributed by atoms with Crippen molar-refractivity contribution in [1.29, 1.82) is 0 Å². The van der Waals surface area contributed by atoms with Crippen LogP contribution in [0.25, 0.3) is 0 Å². The monoisotopic (exact) mass is 166 g/mol. The first kappa shape index (κ1) is 7.07. The van der Waals surface area contributed by atoms with Crippen molar-refractivity contribution in [3.05, 3.63) is 0 Å². The summed E-state index contributed by atoms with van der Waals surface area (Å²) >= 11 is 0. The molecule has 0 bridgehead atoms. The Morgan fingerprint density at radius 1 is 1.42 bits per heavy atom. The Kier molecular flexibility index (Phi) is 0.885. The Labute approximate surface area is 72.3 Å². The van der Waals surface area contributed by atoms with Gasteiger partial charge in [0, 0.05) is 5.92 Å². The van der Waals surface area contributed by atoms with E-state index in [0.717, 1.165) is 6.42 Å².